The summed E-state index contributed by atoms with van der Waals surface area (Å²) in [6.07, 6.45) is 10.2. The highest BCUT2D eigenvalue weighted by Gasteiger charge is 2.62. The molecule has 3 aliphatic carbocycles. The maximum atomic E-state index is 11.3. The summed E-state index contributed by atoms with van der Waals surface area (Å²) in [6, 6.07) is 0. The smallest absolute Gasteiger partial charge is 0.193 e. The Morgan fingerprint density at radius 1 is 0.973 bits per heavy atom. The summed E-state index contributed by atoms with van der Waals surface area (Å²) < 4.78 is 14.1. The lowest BCUT2D eigenvalue weighted by Crippen LogP contribution is -2.66. The fourth-order valence-electron chi connectivity index (χ4n) is 6.56. The Bertz CT molecular complexity index is 865. The number of hydrogen-bond donors (Lipinski definition) is 1. The Morgan fingerprint density at radius 3 is 2.05 bits per heavy atom. The molecule has 2 unspecified atom stereocenters. The molecule has 3 nitrogen and oxygen atoms in total. The van der Waals surface area contributed by atoms with Crippen molar-refractivity contribution in [2.75, 3.05) is 0 Å². The molecule has 0 aromatic carbocycles. The van der Waals surface area contributed by atoms with E-state index in [0.717, 1.165) is 25.2 Å². The zero-order chi connectivity index (χ0) is 28.0. The van der Waals surface area contributed by atoms with Gasteiger partial charge in [0.1, 0.15) is 6.10 Å². The summed E-state index contributed by atoms with van der Waals surface area (Å²) in [5, 5.41) is 11.7. The molecule has 1 N–H and O–H groups in total. The average Bonchev–Trinajstić information content (AvgIpc) is 3.27. The SMILES string of the molecule is C=CC1(O)C(C)[C@@H]2[C@@H](C#C[C@H](CC3CCCC3)O[Si](C)(C)C(C)(C)C)[C@H](O[Si](C)(C)C(C)(C)C)CC[C@@H]21. The van der Waals surface area contributed by atoms with Gasteiger partial charge in [0.05, 0.1) is 11.7 Å². The quantitative estimate of drug-likeness (QED) is 0.197. The van der Waals surface area contributed by atoms with Crippen LogP contribution < -0.4 is 0 Å². The van der Waals surface area contributed by atoms with E-state index >= 15 is 0 Å². The van der Waals surface area contributed by atoms with Gasteiger partial charge in [0, 0.05) is 5.92 Å². The van der Waals surface area contributed by atoms with Gasteiger partial charge >= 0.3 is 0 Å². The first kappa shape index (κ1) is 31.1. The molecule has 0 spiro atoms. The van der Waals surface area contributed by atoms with E-state index in [-0.39, 0.29) is 40.0 Å². The first-order chi connectivity index (χ1) is 16.8. The van der Waals surface area contributed by atoms with Crippen molar-refractivity contribution >= 4 is 16.6 Å². The minimum atomic E-state index is -1.95. The Labute approximate surface area is 231 Å². The van der Waals surface area contributed by atoms with Gasteiger partial charge in [-0.15, -0.1) is 6.58 Å². The molecule has 0 aromatic heterocycles. The molecule has 3 saturated carbocycles. The van der Waals surface area contributed by atoms with Gasteiger partial charge in [-0.25, -0.2) is 0 Å². The van der Waals surface area contributed by atoms with E-state index < -0.39 is 22.2 Å². The molecule has 7 atom stereocenters. The lowest BCUT2D eigenvalue weighted by molar-refractivity contribution is -0.199. The number of rotatable bonds is 7. The molecular formula is C32H58O3Si2. The van der Waals surface area contributed by atoms with Crippen molar-refractivity contribution in [1.29, 1.82) is 0 Å². The molecule has 0 saturated heterocycles. The molecule has 0 amide bonds. The molecule has 212 valence electrons. The van der Waals surface area contributed by atoms with Crippen molar-refractivity contribution in [2.45, 2.75) is 147 Å². The minimum absolute atomic E-state index is 0.00781. The monoisotopic (exact) mass is 546 g/mol. The molecule has 3 rings (SSSR count). The van der Waals surface area contributed by atoms with Crippen LogP contribution in [-0.2, 0) is 8.85 Å². The van der Waals surface area contributed by atoms with E-state index in [1.807, 2.05) is 0 Å². The Kier molecular flexibility index (Phi) is 9.16. The third-order valence-corrected chi connectivity index (χ3v) is 20.2. The largest absolute Gasteiger partial charge is 0.413 e. The van der Waals surface area contributed by atoms with E-state index in [1.54, 1.807) is 6.08 Å². The summed E-state index contributed by atoms with van der Waals surface area (Å²) in [6.45, 7) is 29.5. The third kappa shape index (κ3) is 6.35. The fraction of sp³-hybridized carbons (Fsp3) is 0.875. The lowest BCUT2D eigenvalue weighted by Gasteiger charge is -2.62. The van der Waals surface area contributed by atoms with Gasteiger partial charge < -0.3 is 14.0 Å². The van der Waals surface area contributed by atoms with Crippen molar-refractivity contribution in [3.63, 3.8) is 0 Å². The predicted octanol–water partition coefficient (Wildman–Crippen LogP) is 8.56. The third-order valence-electron chi connectivity index (χ3n) is 11.2. The maximum Gasteiger partial charge on any atom is 0.193 e. The summed E-state index contributed by atoms with van der Waals surface area (Å²) >= 11 is 0. The summed E-state index contributed by atoms with van der Waals surface area (Å²) in [5.74, 6) is 9.15. The number of fused-ring (bicyclic) bond motifs is 1. The van der Waals surface area contributed by atoms with Gasteiger partial charge in [-0.3, -0.25) is 0 Å². The van der Waals surface area contributed by atoms with Crippen LogP contribution in [-0.4, -0.2) is 39.6 Å². The zero-order valence-electron chi connectivity index (χ0n) is 26.0. The highest BCUT2D eigenvalue weighted by Crippen LogP contribution is 2.59. The predicted molar refractivity (Wildman–Crippen MR) is 163 cm³/mol. The van der Waals surface area contributed by atoms with Gasteiger partial charge in [-0.05, 0) is 79.2 Å². The van der Waals surface area contributed by atoms with Crippen LogP contribution in [0.5, 0.6) is 0 Å². The van der Waals surface area contributed by atoms with Crippen LogP contribution in [0.1, 0.15) is 93.4 Å². The first-order valence-corrected chi connectivity index (χ1v) is 20.9. The van der Waals surface area contributed by atoms with Crippen molar-refractivity contribution in [2.24, 2.45) is 29.6 Å². The molecule has 3 aliphatic rings. The van der Waals surface area contributed by atoms with E-state index in [0.29, 0.717) is 5.92 Å². The van der Waals surface area contributed by atoms with Gasteiger partial charge in [-0.1, -0.05) is 92.1 Å². The Hall–Kier alpha value is -0.386. The fourth-order valence-corrected chi connectivity index (χ4v) is 9.16. The van der Waals surface area contributed by atoms with Gasteiger partial charge in [0.15, 0.2) is 16.6 Å². The second-order valence-electron chi connectivity index (χ2n) is 15.6. The Morgan fingerprint density at radius 2 is 1.54 bits per heavy atom. The molecule has 0 aromatic rings. The van der Waals surface area contributed by atoms with Crippen LogP contribution >= 0.6 is 0 Å². The molecule has 37 heavy (non-hydrogen) atoms. The second-order valence-corrected chi connectivity index (χ2v) is 25.1. The van der Waals surface area contributed by atoms with Crippen LogP contribution in [0.4, 0.5) is 0 Å². The molecule has 0 radical (unpaired) electrons. The average molecular weight is 547 g/mol. The van der Waals surface area contributed by atoms with Crippen molar-refractivity contribution in [3.8, 4) is 11.8 Å². The molecule has 0 heterocycles. The molecule has 0 aliphatic heterocycles. The van der Waals surface area contributed by atoms with Crippen molar-refractivity contribution < 1.29 is 14.0 Å². The van der Waals surface area contributed by atoms with Crippen molar-refractivity contribution in [3.05, 3.63) is 12.7 Å². The van der Waals surface area contributed by atoms with Crippen LogP contribution in [0, 0.1) is 41.4 Å². The zero-order valence-corrected chi connectivity index (χ0v) is 28.0. The Balaban J connectivity index is 1.94. The van der Waals surface area contributed by atoms with Gasteiger partial charge in [0.2, 0.25) is 0 Å². The van der Waals surface area contributed by atoms with E-state index in [4.69, 9.17) is 8.85 Å². The van der Waals surface area contributed by atoms with Crippen LogP contribution in [0.15, 0.2) is 12.7 Å². The van der Waals surface area contributed by atoms with Crippen LogP contribution in [0.25, 0.3) is 0 Å². The summed E-state index contributed by atoms with van der Waals surface area (Å²) in [7, 11) is -3.90. The minimum Gasteiger partial charge on any atom is -0.413 e. The van der Waals surface area contributed by atoms with Gasteiger partial charge in [0.25, 0.3) is 0 Å². The molecule has 0 bridgehead atoms. The number of aliphatic hydroxyl groups is 1. The highest BCUT2D eigenvalue weighted by molar-refractivity contribution is 6.74. The lowest BCUT2D eigenvalue weighted by atomic mass is 9.46. The van der Waals surface area contributed by atoms with Gasteiger partial charge in [-0.2, -0.15) is 0 Å². The van der Waals surface area contributed by atoms with E-state index in [2.05, 4.69) is 93.1 Å². The topological polar surface area (TPSA) is 38.7 Å². The second kappa shape index (κ2) is 10.9. The molecule has 3 fully saturated rings. The van der Waals surface area contributed by atoms with Crippen LogP contribution in [0.2, 0.25) is 36.3 Å². The number of hydrogen-bond acceptors (Lipinski definition) is 3. The van der Waals surface area contributed by atoms with Crippen molar-refractivity contribution in [1.82, 2.24) is 0 Å². The van der Waals surface area contributed by atoms with E-state index in [9.17, 15) is 5.11 Å². The summed E-state index contributed by atoms with van der Waals surface area (Å²) in [5.41, 5.74) is -0.770. The van der Waals surface area contributed by atoms with E-state index in [1.165, 1.54) is 25.7 Å². The molecular weight excluding hydrogens is 489 g/mol. The van der Waals surface area contributed by atoms with Crippen LogP contribution in [0.3, 0.4) is 0 Å². The molecule has 5 heteroatoms. The summed E-state index contributed by atoms with van der Waals surface area (Å²) in [4.78, 5) is 0. The highest BCUT2D eigenvalue weighted by atomic mass is 28.4. The normalized spacial score (nSPS) is 34.2. The standard InChI is InChI=1S/C32H58O3Si2/c1-13-32(33)23(2)29-26(28(21-20-27(29)32)35-37(11,12)31(6,7)8)19-18-25(22-24-16-14-15-17-24)34-36(9,10)30(3,4)5/h13,23-29,33H,1,14-17,20-22H2,2-12H3/t23?,25-,26+,27+,28-,29-,32?/m1/s1. The maximum absolute atomic E-state index is 11.3. The first-order valence-electron chi connectivity index (χ1n) is 15.1.